The molecule has 0 aliphatic heterocycles. The van der Waals surface area contributed by atoms with Crippen LogP contribution in [0.2, 0.25) is 0 Å². The molecular formula is C14H15BrN4O4. The van der Waals surface area contributed by atoms with Crippen LogP contribution in [0.3, 0.4) is 0 Å². The minimum Gasteiger partial charge on any atom is -0.359 e. The molecule has 1 heterocycles. The average molecular weight is 383 g/mol. The van der Waals surface area contributed by atoms with Gasteiger partial charge in [0, 0.05) is 30.0 Å². The van der Waals surface area contributed by atoms with Crippen LogP contribution in [0.1, 0.15) is 33.0 Å². The first-order valence-electron chi connectivity index (χ1n) is 6.87. The quantitative estimate of drug-likeness (QED) is 0.570. The van der Waals surface area contributed by atoms with Crippen molar-refractivity contribution in [3.63, 3.8) is 0 Å². The van der Waals surface area contributed by atoms with Gasteiger partial charge in [0.1, 0.15) is 0 Å². The van der Waals surface area contributed by atoms with Gasteiger partial charge in [0.2, 0.25) is 5.69 Å². The van der Waals surface area contributed by atoms with Gasteiger partial charge < -0.3 is 15.8 Å². The lowest BCUT2D eigenvalue weighted by Crippen LogP contribution is -2.32. The number of nitrogens with one attached hydrogen (secondary N) is 2. The van der Waals surface area contributed by atoms with E-state index in [9.17, 15) is 14.8 Å². The number of halogens is 1. The molecule has 0 fully saturated rings. The van der Waals surface area contributed by atoms with Crippen molar-refractivity contribution < 1.29 is 19.1 Å². The lowest BCUT2D eigenvalue weighted by atomic mass is 10.2. The second-order valence-electron chi connectivity index (χ2n) is 4.74. The van der Waals surface area contributed by atoms with Gasteiger partial charge in [-0.15, -0.1) is 0 Å². The summed E-state index contributed by atoms with van der Waals surface area (Å²) in [5.74, 6) is -0.663. The summed E-state index contributed by atoms with van der Waals surface area (Å²) in [4.78, 5) is 23.8. The minimum absolute atomic E-state index is 0.0427. The molecule has 8 nitrogen and oxygen atoms in total. The highest BCUT2D eigenvalue weighted by molar-refractivity contribution is 9.10. The van der Waals surface area contributed by atoms with E-state index in [1.807, 2.05) is 0 Å². The number of nitrogens with zero attached hydrogens (tertiary/aromatic N) is 2. The summed E-state index contributed by atoms with van der Waals surface area (Å²) in [6.07, 6.45) is 0.544. The Morgan fingerprint density at radius 3 is 2.39 bits per heavy atom. The fourth-order valence-corrected chi connectivity index (χ4v) is 2.04. The van der Waals surface area contributed by atoms with Gasteiger partial charge >= 0.3 is 11.6 Å². The number of amides is 2. The van der Waals surface area contributed by atoms with Crippen molar-refractivity contribution in [2.75, 3.05) is 13.1 Å². The first kappa shape index (κ1) is 16.9. The topological polar surface area (TPSA) is 111 Å². The summed E-state index contributed by atoms with van der Waals surface area (Å²) in [7, 11) is 0. The smallest absolute Gasteiger partial charge is 0.308 e. The normalized spacial score (nSPS) is 10.3. The van der Waals surface area contributed by atoms with Gasteiger partial charge in [-0.25, -0.2) is 0 Å². The maximum Gasteiger partial charge on any atom is 0.308 e. The van der Waals surface area contributed by atoms with Crippen LogP contribution in [-0.2, 0) is 0 Å². The van der Waals surface area contributed by atoms with Crippen LogP contribution < -0.4 is 15.5 Å². The van der Waals surface area contributed by atoms with Crippen molar-refractivity contribution in [2.45, 2.75) is 13.3 Å². The molecular weight excluding hydrogens is 368 g/mol. The number of carbonyl (C=O) groups is 2. The molecule has 0 atom stereocenters. The number of aromatic nitrogens is 2. The SMILES string of the molecule is Cc1c(C(=O)NCCCNC(=O)c2ccc(Br)cc2)no[n+]1[O-]. The predicted molar refractivity (Wildman–Crippen MR) is 83.6 cm³/mol. The van der Waals surface area contributed by atoms with Gasteiger partial charge in [0.15, 0.2) is 0 Å². The van der Waals surface area contributed by atoms with Gasteiger partial charge in [-0.3, -0.25) is 14.2 Å². The van der Waals surface area contributed by atoms with Crippen LogP contribution in [-0.4, -0.2) is 30.1 Å². The molecule has 2 amide bonds. The fourth-order valence-electron chi connectivity index (χ4n) is 1.78. The van der Waals surface area contributed by atoms with Crippen LogP contribution in [0.5, 0.6) is 0 Å². The molecule has 0 radical (unpaired) electrons. The second kappa shape index (κ2) is 7.73. The molecule has 2 rings (SSSR count). The molecule has 0 unspecified atom stereocenters. The van der Waals surface area contributed by atoms with Crippen molar-refractivity contribution in [2.24, 2.45) is 0 Å². The van der Waals surface area contributed by atoms with Crippen molar-refractivity contribution >= 4 is 27.7 Å². The number of carbonyl (C=O) groups excluding carboxylic acids is 2. The maximum atomic E-state index is 11.8. The lowest BCUT2D eigenvalue weighted by molar-refractivity contribution is -0.806. The number of hydrogen-bond acceptors (Lipinski definition) is 5. The van der Waals surface area contributed by atoms with Crippen molar-refractivity contribution in [3.8, 4) is 0 Å². The molecule has 9 heteroatoms. The van der Waals surface area contributed by atoms with E-state index >= 15 is 0 Å². The molecule has 0 saturated heterocycles. The number of rotatable bonds is 6. The zero-order chi connectivity index (χ0) is 16.8. The largest absolute Gasteiger partial charge is 0.359 e. The fraction of sp³-hybridized carbons (Fsp3) is 0.286. The predicted octanol–water partition coefficient (Wildman–Crippen LogP) is 0.929. The zero-order valence-corrected chi connectivity index (χ0v) is 13.9. The zero-order valence-electron chi connectivity index (χ0n) is 12.3. The molecule has 2 N–H and O–H groups in total. The maximum absolute atomic E-state index is 11.8. The first-order chi connectivity index (χ1) is 11.0. The lowest BCUT2D eigenvalue weighted by Gasteiger charge is -2.05. The molecule has 0 saturated carbocycles. The summed E-state index contributed by atoms with van der Waals surface area (Å²) in [6.45, 7) is 2.19. The number of benzene rings is 1. The van der Waals surface area contributed by atoms with Gasteiger partial charge in [0.25, 0.3) is 5.91 Å². The van der Waals surface area contributed by atoms with Crippen LogP contribution in [0, 0.1) is 12.1 Å². The van der Waals surface area contributed by atoms with E-state index in [0.717, 1.165) is 4.47 Å². The third-order valence-corrected chi connectivity index (χ3v) is 3.60. The monoisotopic (exact) mass is 382 g/mol. The second-order valence-corrected chi connectivity index (χ2v) is 5.65. The van der Waals surface area contributed by atoms with Crippen LogP contribution >= 0.6 is 15.9 Å². The molecule has 122 valence electrons. The highest BCUT2D eigenvalue weighted by atomic mass is 79.9. The molecule has 2 aromatic rings. The van der Waals surface area contributed by atoms with Crippen molar-refractivity contribution in [3.05, 3.63) is 50.9 Å². The Hall–Kier alpha value is -2.42. The Bertz CT molecular complexity index is 699. The molecule has 0 aliphatic carbocycles. The summed E-state index contributed by atoms with van der Waals surface area (Å²) >= 11 is 3.30. The van der Waals surface area contributed by atoms with Crippen molar-refractivity contribution in [1.82, 2.24) is 15.8 Å². The number of hydrogen-bond donors (Lipinski definition) is 2. The van der Waals surface area contributed by atoms with E-state index in [0.29, 0.717) is 25.1 Å². The highest BCUT2D eigenvalue weighted by Crippen LogP contribution is 2.10. The molecule has 1 aromatic carbocycles. The Morgan fingerprint density at radius 1 is 1.22 bits per heavy atom. The Morgan fingerprint density at radius 2 is 1.83 bits per heavy atom. The van der Waals surface area contributed by atoms with E-state index < -0.39 is 5.91 Å². The standard InChI is InChI=1S/C14H15BrN4O4/c1-9-12(18-23-19(9)22)14(21)17-8-2-7-16-13(20)10-3-5-11(15)6-4-10/h3-6H,2,7-8H2,1H3,(H,16,20)(H,17,21). The third kappa shape index (κ3) is 4.52. The van der Waals surface area contributed by atoms with Gasteiger partial charge in [-0.1, -0.05) is 15.9 Å². The van der Waals surface area contributed by atoms with E-state index in [4.69, 9.17) is 0 Å². The van der Waals surface area contributed by atoms with Gasteiger partial charge in [-0.05, 0) is 35.6 Å². The summed E-state index contributed by atoms with van der Waals surface area (Å²) in [5.41, 5.74) is 0.625. The van der Waals surface area contributed by atoms with E-state index in [-0.39, 0.29) is 22.2 Å². The highest BCUT2D eigenvalue weighted by Gasteiger charge is 2.21. The average Bonchev–Trinajstić information content (AvgIpc) is 2.87. The summed E-state index contributed by atoms with van der Waals surface area (Å²) in [5, 5.41) is 19.7. The van der Waals surface area contributed by atoms with Crippen LogP contribution in [0.25, 0.3) is 0 Å². The van der Waals surface area contributed by atoms with Crippen LogP contribution in [0.15, 0.2) is 33.4 Å². The van der Waals surface area contributed by atoms with E-state index in [2.05, 4.69) is 36.3 Å². The molecule has 0 spiro atoms. The van der Waals surface area contributed by atoms with E-state index in [1.54, 1.807) is 24.3 Å². The van der Waals surface area contributed by atoms with Gasteiger partial charge in [-0.2, -0.15) is 0 Å². The minimum atomic E-state index is -0.486. The Labute approximate surface area is 140 Å². The molecule has 23 heavy (non-hydrogen) atoms. The third-order valence-electron chi connectivity index (χ3n) is 3.07. The Kier molecular flexibility index (Phi) is 5.69. The van der Waals surface area contributed by atoms with Gasteiger partial charge in [0.05, 0.1) is 5.16 Å². The van der Waals surface area contributed by atoms with E-state index in [1.165, 1.54) is 6.92 Å². The van der Waals surface area contributed by atoms with Crippen LogP contribution in [0.4, 0.5) is 0 Å². The molecule has 0 bridgehead atoms. The summed E-state index contributed by atoms with van der Waals surface area (Å²) < 4.78 is 5.22. The first-order valence-corrected chi connectivity index (χ1v) is 7.66. The van der Waals surface area contributed by atoms with Crippen molar-refractivity contribution in [1.29, 1.82) is 0 Å². The molecule has 0 aliphatic rings. The Balaban J connectivity index is 1.69. The summed E-state index contributed by atoms with van der Waals surface area (Å²) in [6, 6.07) is 7.01. The molecule has 1 aromatic heterocycles.